The second-order valence-electron chi connectivity index (χ2n) is 5.63. The van der Waals surface area contributed by atoms with Crippen LogP contribution in [0.4, 0.5) is 4.39 Å². The van der Waals surface area contributed by atoms with Crippen molar-refractivity contribution in [3.8, 4) is 0 Å². The maximum atomic E-state index is 13.3. The zero-order valence-electron chi connectivity index (χ0n) is 12.8. The molecule has 0 spiro atoms. The van der Waals surface area contributed by atoms with Crippen molar-refractivity contribution in [2.75, 3.05) is 26.8 Å². The molecular weight excluding hydrogens is 287 g/mol. The highest BCUT2D eigenvalue weighted by atomic mass is 19.1. The highest BCUT2D eigenvalue weighted by Crippen LogP contribution is 2.19. The number of halogens is 1. The zero-order valence-corrected chi connectivity index (χ0v) is 12.8. The van der Waals surface area contributed by atoms with E-state index < -0.39 is 6.17 Å². The smallest absolute Gasteiger partial charge is 0.234 e. The largest absolute Gasteiger partial charge is 0.395 e. The van der Waals surface area contributed by atoms with E-state index in [1.807, 2.05) is 24.3 Å². The van der Waals surface area contributed by atoms with Gasteiger partial charge in [0.1, 0.15) is 6.17 Å². The lowest BCUT2D eigenvalue weighted by Crippen LogP contribution is -2.41. The zero-order chi connectivity index (χ0) is 15.9. The van der Waals surface area contributed by atoms with Gasteiger partial charge in [-0.1, -0.05) is 24.3 Å². The third-order valence-corrected chi connectivity index (χ3v) is 3.83. The number of rotatable bonds is 7. The maximum Gasteiger partial charge on any atom is 0.234 e. The van der Waals surface area contributed by atoms with E-state index in [1.54, 1.807) is 12.0 Å². The molecule has 1 heterocycles. The molecule has 122 valence electrons. The number of aliphatic hydroxyl groups is 1. The third kappa shape index (κ3) is 4.76. The minimum Gasteiger partial charge on any atom is -0.395 e. The first-order valence-electron chi connectivity index (χ1n) is 7.44. The molecule has 0 aliphatic carbocycles. The predicted molar refractivity (Wildman–Crippen MR) is 81.0 cm³/mol. The molecule has 6 heteroatoms. The topological polar surface area (TPSA) is 61.8 Å². The number of methoxy groups -OCH3 is 1. The van der Waals surface area contributed by atoms with Crippen LogP contribution in [0.15, 0.2) is 24.3 Å². The van der Waals surface area contributed by atoms with E-state index in [-0.39, 0.29) is 31.6 Å². The monoisotopic (exact) mass is 310 g/mol. The van der Waals surface area contributed by atoms with Crippen molar-refractivity contribution in [3.05, 3.63) is 35.4 Å². The second-order valence-corrected chi connectivity index (χ2v) is 5.63. The van der Waals surface area contributed by atoms with Crippen LogP contribution in [-0.2, 0) is 22.7 Å². The van der Waals surface area contributed by atoms with Crippen LogP contribution in [0, 0.1) is 0 Å². The summed E-state index contributed by atoms with van der Waals surface area (Å²) in [7, 11) is 1.64. The van der Waals surface area contributed by atoms with Crippen LogP contribution in [0.2, 0.25) is 0 Å². The summed E-state index contributed by atoms with van der Waals surface area (Å²) in [6.45, 7) is 1.16. The van der Waals surface area contributed by atoms with Crippen LogP contribution >= 0.6 is 0 Å². The molecule has 0 radical (unpaired) electrons. The van der Waals surface area contributed by atoms with E-state index in [1.165, 1.54) is 0 Å². The van der Waals surface area contributed by atoms with E-state index in [9.17, 15) is 14.3 Å². The number of carbonyl (C=O) groups is 1. The lowest BCUT2D eigenvalue weighted by molar-refractivity contribution is -0.122. The van der Waals surface area contributed by atoms with E-state index in [0.717, 1.165) is 11.1 Å². The summed E-state index contributed by atoms with van der Waals surface area (Å²) in [5.74, 6) is -0.162. The van der Waals surface area contributed by atoms with Gasteiger partial charge in [-0.3, -0.25) is 9.69 Å². The van der Waals surface area contributed by atoms with Gasteiger partial charge in [-0.2, -0.15) is 0 Å². The van der Waals surface area contributed by atoms with Gasteiger partial charge in [0.05, 0.1) is 19.8 Å². The molecule has 2 rings (SSSR count). The lowest BCUT2D eigenvalue weighted by Gasteiger charge is -2.21. The van der Waals surface area contributed by atoms with Gasteiger partial charge in [0.25, 0.3) is 0 Å². The number of alkyl halides is 1. The molecule has 1 fully saturated rings. The van der Waals surface area contributed by atoms with Gasteiger partial charge < -0.3 is 15.2 Å². The molecule has 1 saturated heterocycles. The summed E-state index contributed by atoms with van der Waals surface area (Å²) in [6, 6.07) is 7.54. The molecule has 1 aliphatic heterocycles. The van der Waals surface area contributed by atoms with Crippen molar-refractivity contribution in [2.45, 2.75) is 31.8 Å². The van der Waals surface area contributed by atoms with Crippen molar-refractivity contribution < 1.29 is 19.0 Å². The summed E-state index contributed by atoms with van der Waals surface area (Å²) < 4.78 is 18.4. The molecule has 0 unspecified atom stereocenters. The molecule has 1 aromatic rings. The van der Waals surface area contributed by atoms with Crippen molar-refractivity contribution in [2.24, 2.45) is 0 Å². The standard InChI is InChI=1S/C16H23FN2O3/c1-22-11-13-4-2-3-12(5-13)7-18-16(21)9-19-8-14(17)6-15(19)10-20/h2-5,14-15,20H,6-11H2,1H3,(H,18,21)/t14-,15-/m0/s1. The summed E-state index contributed by atoms with van der Waals surface area (Å²) >= 11 is 0. The molecule has 1 aromatic carbocycles. The summed E-state index contributed by atoms with van der Waals surface area (Å²) in [5, 5.41) is 12.0. The Balaban J connectivity index is 1.81. The highest BCUT2D eigenvalue weighted by Gasteiger charge is 2.32. The minimum absolute atomic E-state index is 0.114. The van der Waals surface area contributed by atoms with E-state index >= 15 is 0 Å². The van der Waals surface area contributed by atoms with Crippen molar-refractivity contribution >= 4 is 5.91 Å². The van der Waals surface area contributed by atoms with Crippen LogP contribution in [0.3, 0.4) is 0 Å². The molecule has 2 atom stereocenters. The Hall–Kier alpha value is -1.50. The van der Waals surface area contributed by atoms with E-state index in [0.29, 0.717) is 19.6 Å². The summed E-state index contributed by atoms with van der Waals surface area (Å²) in [6.07, 6.45) is -0.668. The highest BCUT2D eigenvalue weighted by molar-refractivity contribution is 5.78. The number of likely N-dealkylation sites (tertiary alicyclic amines) is 1. The van der Waals surface area contributed by atoms with Gasteiger partial charge in [0, 0.05) is 26.2 Å². The molecule has 1 amide bonds. The number of ether oxygens (including phenoxy) is 1. The number of nitrogens with zero attached hydrogens (tertiary/aromatic N) is 1. The van der Waals surface area contributed by atoms with Gasteiger partial charge in [0.15, 0.2) is 0 Å². The average Bonchev–Trinajstić information content (AvgIpc) is 2.85. The second kappa shape index (κ2) is 8.22. The summed E-state index contributed by atoms with van der Waals surface area (Å²) in [4.78, 5) is 13.7. The van der Waals surface area contributed by atoms with Crippen molar-refractivity contribution in [3.63, 3.8) is 0 Å². The van der Waals surface area contributed by atoms with Crippen molar-refractivity contribution in [1.29, 1.82) is 0 Å². The lowest BCUT2D eigenvalue weighted by atomic mass is 10.1. The number of benzene rings is 1. The number of amides is 1. The normalized spacial score (nSPS) is 22.0. The quantitative estimate of drug-likeness (QED) is 0.784. The van der Waals surface area contributed by atoms with Crippen LogP contribution in [0.1, 0.15) is 17.5 Å². The van der Waals surface area contributed by atoms with E-state index in [2.05, 4.69) is 5.32 Å². The van der Waals surface area contributed by atoms with Gasteiger partial charge >= 0.3 is 0 Å². The van der Waals surface area contributed by atoms with Gasteiger partial charge in [-0.05, 0) is 17.5 Å². The molecule has 0 saturated carbocycles. The van der Waals surface area contributed by atoms with E-state index in [4.69, 9.17) is 4.74 Å². The fourth-order valence-corrected chi connectivity index (χ4v) is 2.74. The van der Waals surface area contributed by atoms with Crippen LogP contribution in [0.25, 0.3) is 0 Å². The fourth-order valence-electron chi connectivity index (χ4n) is 2.74. The maximum absolute atomic E-state index is 13.3. The number of aliphatic hydroxyl groups excluding tert-OH is 1. The first-order valence-corrected chi connectivity index (χ1v) is 7.44. The molecule has 1 aliphatic rings. The van der Waals surface area contributed by atoms with Crippen LogP contribution < -0.4 is 5.32 Å². The van der Waals surface area contributed by atoms with Gasteiger partial charge in [-0.15, -0.1) is 0 Å². The Labute approximate surface area is 130 Å². The summed E-state index contributed by atoms with van der Waals surface area (Å²) in [5.41, 5.74) is 2.04. The van der Waals surface area contributed by atoms with Crippen LogP contribution in [0.5, 0.6) is 0 Å². The molecule has 2 N–H and O–H groups in total. The Morgan fingerprint density at radius 2 is 2.27 bits per heavy atom. The average molecular weight is 310 g/mol. The predicted octanol–water partition coefficient (Wildman–Crippen LogP) is 0.854. The van der Waals surface area contributed by atoms with Gasteiger partial charge in [0.2, 0.25) is 5.91 Å². The Kier molecular flexibility index (Phi) is 6.30. The first-order chi connectivity index (χ1) is 10.6. The molecule has 0 bridgehead atoms. The molecule has 22 heavy (non-hydrogen) atoms. The SMILES string of the molecule is COCc1cccc(CNC(=O)CN2C[C@@H](F)C[C@H]2CO)c1. The molecule has 0 aromatic heterocycles. The Morgan fingerprint density at radius 3 is 3.00 bits per heavy atom. The number of carbonyl (C=O) groups excluding carboxylic acids is 1. The van der Waals surface area contributed by atoms with Crippen molar-refractivity contribution in [1.82, 2.24) is 10.2 Å². The number of hydrogen-bond donors (Lipinski definition) is 2. The Bertz CT molecular complexity index is 498. The van der Waals surface area contributed by atoms with Gasteiger partial charge in [-0.25, -0.2) is 4.39 Å². The first kappa shape index (κ1) is 16.9. The molecule has 5 nitrogen and oxygen atoms in total. The fraction of sp³-hybridized carbons (Fsp3) is 0.562. The number of nitrogens with one attached hydrogen (secondary N) is 1. The minimum atomic E-state index is -0.962. The third-order valence-electron chi connectivity index (χ3n) is 3.83. The molecular formula is C16H23FN2O3. The number of hydrogen-bond acceptors (Lipinski definition) is 4. The Morgan fingerprint density at radius 1 is 1.50 bits per heavy atom. The van der Waals surface area contributed by atoms with Crippen LogP contribution in [-0.4, -0.2) is 54.9 Å².